The Morgan fingerprint density at radius 3 is 2.50 bits per heavy atom. The Labute approximate surface area is 148 Å². The first-order valence-electron chi connectivity index (χ1n) is 7.92. The lowest BCUT2D eigenvalue weighted by molar-refractivity contribution is 0.0788. The van der Waals surface area contributed by atoms with E-state index in [9.17, 15) is 13.2 Å². The van der Waals surface area contributed by atoms with Crippen molar-refractivity contribution in [1.82, 2.24) is 9.21 Å². The Bertz CT molecular complexity index is 693. The van der Waals surface area contributed by atoms with Gasteiger partial charge in [-0.3, -0.25) is 4.79 Å². The SMILES string of the molecule is CN1CCCCN(S(C)(=O)=O)CCCOc2ccc(Cl)cc2C1=O. The summed E-state index contributed by atoms with van der Waals surface area (Å²) in [6, 6.07) is 4.96. The van der Waals surface area contributed by atoms with E-state index in [0.717, 1.165) is 6.42 Å². The van der Waals surface area contributed by atoms with Crippen LogP contribution >= 0.6 is 11.6 Å². The van der Waals surface area contributed by atoms with Gasteiger partial charge in [-0.1, -0.05) is 11.6 Å². The first kappa shape index (κ1) is 19.0. The molecule has 6 nitrogen and oxygen atoms in total. The van der Waals surface area contributed by atoms with Crippen LogP contribution in [-0.4, -0.2) is 63.1 Å². The normalized spacial score (nSPS) is 18.8. The Kier molecular flexibility index (Phi) is 6.48. The van der Waals surface area contributed by atoms with Gasteiger partial charge in [0.15, 0.2) is 0 Å². The zero-order chi connectivity index (χ0) is 17.7. The molecule has 1 aromatic rings. The lowest BCUT2D eigenvalue weighted by Crippen LogP contribution is -2.33. The average molecular weight is 375 g/mol. The number of carbonyl (C=O) groups excluding carboxylic acids is 1. The van der Waals surface area contributed by atoms with Crippen LogP contribution in [-0.2, 0) is 10.0 Å². The summed E-state index contributed by atoms with van der Waals surface area (Å²) in [6.07, 6.45) is 3.21. The highest BCUT2D eigenvalue weighted by Crippen LogP contribution is 2.25. The predicted octanol–water partition coefficient (Wildman–Crippen LogP) is 2.24. The van der Waals surface area contributed by atoms with Crippen LogP contribution in [0.2, 0.25) is 5.02 Å². The molecule has 1 aliphatic rings. The van der Waals surface area contributed by atoms with Gasteiger partial charge in [0.25, 0.3) is 5.91 Å². The van der Waals surface area contributed by atoms with Crippen LogP contribution < -0.4 is 4.74 Å². The first-order chi connectivity index (χ1) is 11.3. The van der Waals surface area contributed by atoms with E-state index in [-0.39, 0.29) is 5.91 Å². The van der Waals surface area contributed by atoms with Crippen LogP contribution in [0.3, 0.4) is 0 Å². The largest absolute Gasteiger partial charge is 0.493 e. The van der Waals surface area contributed by atoms with Crippen LogP contribution in [0.4, 0.5) is 0 Å². The number of rotatable bonds is 1. The molecule has 2 rings (SSSR count). The molecule has 1 amide bonds. The van der Waals surface area contributed by atoms with Gasteiger partial charge in [0.2, 0.25) is 10.0 Å². The summed E-state index contributed by atoms with van der Waals surface area (Å²) in [5.41, 5.74) is 0.434. The molecule has 1 aromatic carbocycles. The van der Waals surface area contributed by atoms with Gasteiger partial charge in [0.1, 0.15) is 5.75 Å². The number of nitrogens with zero attached hydrogens (tertiary/aromatic N) is 2. The van der Waals surface area contributed by atoms with Crippen molar-refractivity contribution in [1.29, 1.82) is 0 Å². The summed E-state index contributed by atoms with van der Waals surface area (Å²) in [7, 11) is -1.51. The van der Waals surface area contributed by atoms with Gasteiger partial charge in [-0.25, -0.2) is 12.7 Å². The molecule has 0 N–H and O–H groups in total. The molecule has 0 fully saturated rings. The highest BCUT2D eigenvalue weighted by Gasteiger charge is 2.20. The minimum Gasteiger partial charge on any atom is -0.493 e. The number of sulfonamides is 1. The van der Waals surface area contributed by atoms with E-state index in [2.05, 4.69) is 0 Å². The van der Waals surface area contributed by atoms with Crippen molar-refractivity contribution in [2.45, 2.75) is 19.3 Å². The maximum atomic E-state index is 12.6. The van der Waals surface area contributed by atoms with Crippen molar-refractivity contribution in [2.75, 3.05) is 39.5 Å². The van der Waals surface area contributed by atoms with E-state index in [0.29, 0.717) is 55.4 Å². The third kappa shape index (κ3) is 5.09. The first-order valence-corrected chi connectivity index (χ1v) is 10.1. The Morgan fingerprint density at radius 1 is 1.12 bits per heavy atom. The fraction of sp³-hybridized carbons (Fsp3) is 0.562. The van der Waals surface area contributed by atoms with Gasteiger partial charge in [-0.2, -0.15) is 0 Å². The fourth-order valence-electron chi connectivity index (χ4n) is 2.61. The van der Waals surface area contributed by atoms with Crippen LogP contribution in [0.15, 0.2) is 18.2 Å². The van der Waals surface area contributed by atoms with Crippen molar-refractivity contribution in [3.05, 3.63) is 28.8 Å². The topological polar surface area (TPSA) is 66.9 Å². The highest BCUT2D eigenvalue weighted by molar-refractivity contribution is 7.88. The van der Waals surface area contributed by atoms with Crippen LogP contribution in [0.25, 0.3) is 0 Å². The number of ether oxygens (including phenoxy) is 1. The van der Waals surface area contributed by atoms with Gasteiger partial charge < -0.3 is 9.64 Å². The second-order valence-corrected chi connectivity index (χ2v) is 8.36. The Balaban J connectivity index is 2.22. The number of amides is 1. The highest BCUT2D eigenvalue weighted by atomic mass is 35.5. The maximum absolute atomic E-state index is 12.6. The van der Waals surface area contributed by atoms with E-state index in [1.807, 2.05) is 0 Å². The van der Waals surface area contributed by atoms with Crippen molar-refractivity contribution in [3.63, 3.8) is 0 Å². The molecule has 0 saturated heterocycles. The molecule has 0 unspecified atom stereocenters. The van der Waals surface area contributed by atoms with Gasteiger partial charge in [0, 0.05) is 31.7 Å². The maximum Gasteiger partial charge on any atom is 0.257 e. The number of halogens is 1. The second kappa shape index (κ2) is 8.18. The molecule has 0 aliphatic carbocycles. The van der Waals surface area contributed by atoms with Crippen LogP contribution in [0, 0.1) is 0 Å². The third-order valence-electron chi connectivity index (χ3n) is 3.95. The van der Waals surface area contributed by atoms with E-state index in [1.165, 1.54) is 10.6 Å². The number of hydrogen-bond donors (Lipinski definition) is 0. The molecule has 8 heteroatoms. The monoisotopic (exact) mass is 374 g/mol. The molecule has 0 spiro atoms. The molecule has 0 aromatic heterocycles. The Hall–Kier alpha value is -1.31. The van der Waals surface area contributed by atoms with E-state index in [1.54, 1.807) is 30.1 Å². The lowest BCUT2D eigenvalue weighted by Gasteiger charge is -2.20. The molecule has 0 bridgehead atoms. The number of benzene rings is 1. The van der Waals surface area contributed by atoms with E-state index < -0.39 is 10.0 Å². The lowest BCUT2D eigenvalue weighted by atomic mass is 10.1. The summed E-state index contributed by atoms with van der Waals surface area (Å²) in [6.45, 7) is 1.74. The average Bonchev–Trinajstić information content (AvgIpc) is 2.52. The van der Waals surface area contributed by atoms with Gasteiger partial charge in [-0.15, -0.1) is 0 Å². The molecule has 0 saturated carbocycles. The summed E-state index contributed by atoms with van der Waals surface area (Å²) in [5.74, 6) is 0.327. The second-order valence-electron chi connectivity index (χ2n) is 5.94. The molecule has 134 valence electrons. The van der Waals surface area contributed by atoms with Crippen molar-refractivity contribution >= 4 is 27.5 Å². The molecule has 1 aliphatic heterocycles. The van der Waals surface area contributed by atoms with Crippen molar-refractivity contribution in [2.24, 2.45) is 0 Å². The summed E-state index contributed by atoms with van der Waals surface area (Å²) < 4.78 is 30.8. The molecular weight excluding hydrogens is 352 g/mol. The van der Waals surface area contributed by atoms with E-state index >= 15 is 0 Å². The Morgan fingerprint density at radius 2 is 1.79 bits per heavy atom. The number of carbonyl (C=O) groups is 1. The van der Waals surface area contributed by atoms with Crippen LogP contribution in [0.5, 0.6) is 5.75 Å². The third-order valence-corrected chi connectivity index (χ3v) is 5.49. The zero-order valence-electron chi connectivity index (χ0n) is 14.0. The smallest absolute Gasteiger partial charge is 0.257 e. The van der Waals surface area contributed by atoms with Crippen LogP contribution in [0.1, 0.15) is 29.6 Å². The number of hydrogen-bond acceptors (Lipinski definition) is 4. The molecule has 0 radical (unpaired) electrons. The van der Waals surface area contributed by atoms with Gasteiger partial charge in [-0.05, 0) is 37.5 Å². The van der Waals surface area contributed by atoms with Crippen molar-refractivity contribution < 1.29 is 17.9 Å². The number of fused-ring (bicyclic) bond motifs is 1. The quantitative estimate of drug-likeness (QED) is 0.756. The molecular formula is C16H23ClN2O4S. The minimum absolute atomic E-state index is 0.147. The minimum atomic E-state index is -3.23. The standard InChI is InChI=1S/C16H23ClN2O4S/c1-18-8-3-4-9-19(24(2,21)22)10-5-11-23-15-7-6-13(17)12-14(15)16(18)20/h6-7,12H,3-5,8-11H2,1-2H3. The van der Waals surface area contributed by atoms with Gasteiger partial charge in [0.05, 0.1) is 18.4 Å². The molecule has 24 heavy (non-hydrogen) atoms. The summed E-state index contributed by atoms with van der Waals surface area (Å²) in [4.78, 5) is 14.2. The summed E-state index contributed by atoms with van der Waals surface area (Å²) in [5, 5.41) is 0.478. The fourth-order valence-corrected chi connectivity index (χ4v) is 3.70. The van der Waals surface area contributed by atoms with Crippen molar-refractivity contribution in [3.8, 4) is 5.75 Å². The zero-order valence-corrected chi connectivity index (χ0v) is 15.6. The molecule has 1 heterocycles. The predicted molar refractivity (Wildman–Crippen MR) is 94.2 cm³/mol. The summed E-state index contributed by atoms with van der Waals surface area (Å²) >= 11 is 6.01. The van der Waals surface area contributed by atoms with E-state index in [4.69, 9.17) is 16.3 Å². The van der Waals surface area contributed by atoms with Gasteiger partial charge >= 0.3 is 0 Å². The molecule has 0 atom stereocenters.